The van der Waals surface area contributed by atoms with Crippen LogP contribution >= 0.6 is 0 Å². The SMILES string of the molecule is O=C(Cn1nnc(C2CC2)n1)N1CCC(COCC(F)(F)F)CC1. The highest BCUT2D eigenvalue weighted by molar-refractivity contribution is 5.75. The topological polar surface area (TPSA) is 73.1 Å². The Hall–Kier alpha value is -1.71. The van der Waals surface area contributed by atoms with E-state index in [1.165, 1.54) is 4.80 Å². The summed E-state index contributed by atoms with van der Waals surface area (Å²) in [6, 6.07) is 0. The van der Waals surface area contributed by atoms with Crippen LogP contribution in [0.3, 0.4) is 0 Å². The molecule has 10 heteroatoms. The third kappa shape index (κ3) is 4.89. The molecule has 1 aromatic rings. The van der Waals surface area contributed by atoms with Gasteiger partial charge < -0.3 is 9.64 Å². The fourth-order valence-corrected chi connectivity index (χ4v) is 2.74. The summed E-state index contributed by atoms with van der Waals surface area (Å²) in [5.41, 5.74) is 0. The zero-order valence-electron chi connectivity index (χ0n) is 13.2. The molecule has 0 aromatic carbocycles. The Morgan fingerprint density at radius 3 is 2.54 bits per heavy atom. The van der Waals surface area contributed by atoms with Gasteiger partial charge in [0.2, 0.25) is 5.91 Å². The molecule has 2 heterocycles. The summed E-state index contributed by atoms with van der Waals surface area (Å²) in [5.74, 6) is 1.05. The van der Waals surface area contributed by atoms with Gasteiger partial charge in [-0.2, -0.15) is 18.0 Å². The van der Waals surface area contributed by atoms with E-state index in [0.29, 0.717) is 37.7 Å². The van der Waals surface area contributed by atoms with Gasteiger partial charge in [-0.25, -0.2) is 0 Å². The molecular formula is C14H20F3N5O2. The molecule has 1 amide bonds. The number of nitrogens with zero attached hydrogens (tertiary/aromatic N) is 5. The quantitative estimate of drug-likeness (QED) is 0.777. The van der Waals surface area contributed by atoms with Crippen molar-refractivity contribution in [1.29, 1.82) is 0 Å². The van der Waals surface area contributed by atoms with Gasteiger partial charge in [0.1, 0.15) is 13.2 Å². The lowest BCUT2D eigenvalue weighted by Crippen LogP contribution is -2.41. The van der Waals surface area contributed by atoms with Crippen molar-refractivity contribution in [3.63, 3.8) is 0 Å². The molecule has 1 saturated heterocycles. The van der Waals surface area contributed by atoms with Crippen molar-refractivity contribution in [2.45, 2.75) is 44.3 Å². The minimum Gasteiger partial charge on any atom is -0.372 e. The highest BCUT2D eigenvalue weighted by atomic mass is 19.4. The molecule has 0 bridgehead atoms. The van der Waals surface area contributed by atoms with Crippen molar-refractivity contribution in [3.8, 4) is 0 Å². The monoisotopic (exact) mass is 347 g/mol. The number of tetrazole rings is 1. The van der Waals surface area contributed by atoms with Crippen LogP contribution in [0.15, 0.2) is 0 Å². The smallest absolute Gasteiger partial charge is 0.372 e. The van der Waals surface area contributed by atoms with Crippen LogP contribution in [0.4, 0.5) is 13.2 Å². The van der Waals surface area contributed by atoms with Crippen LogP contribution in [0.5, 0.6) is 0 Å². The highest BCUT2D eigenvalue weighted by Gasteiger charge is 2.30. The molecule has 134 valence electrons. The number of aromatic nitrogens is 4. The van der Waals surface area contributed by atoms with Gasteiger partial charge >= 0.3 is 6.18 Å². The van der Waals surface area contributed by atoms with Gasteiger partial charge in [0, 0.05) is 25.6 Å². The van der Waals surface area contributed by atoms with Crippen LogP contribution in [-0.4, -0.2) is 63.5 Å². The molecule has 3 rings (SSSR count). The number of amides is 1. The van der Waals surface area contributed by atoms with Crippen molar-refractivity contribution >= 4 is 5.91 Å². The number of ether oxygens (including phenoxy) is 1. The second-order valence-corrected chi connectivity index (χ2v) is 6.41. The molecule has 1 aliphatic carbocycles. The zero-order valence-corrected chi connectivity index (χ0v) is 13.2. The van der Waals surface area contributed by atoms with Gasteiger partial charge in [-0.05, 0) is 36.8 Å². The lowest BCUT2D eigenvalue weighted by molar-refractivity contribution is -0.177. The Bertz CT molecular complexity index is 565. The predicted octanol–water partition coefficient (Wildman–Crippen LogP) is 1.37. The molecule has 2 fully saturated rings. The molecule has 7 nitrogen and oxygen atoms in total. The van der Waals surface area contributed by atoms with E-state index in [2.05, 4.69) is 15.4 Å². The normalized spacial score (nSPS) is 19.7. The maximum absolute atomic E-state index is 12.2. The number of carbonyl (C=O) groups excluding carboxylic acids is 1. The van der Waals surface area contributed by atoms with Gasteiger partial charge in [-0.1, -0.05) is 0 Å². The van der Waals surface area contributed by atoms with E-state index < -0.39 is 12.8 Å². The Morgan fingerprint density at radius 2 is 1.92 bits per heavy atom. The van der Waals surface area contributed by atoms with Gasteiger partial charge in [0.05, 0.1) is 0 Å². The fourth-order valence-electron chi connectivity index (χ4n) is 2.74. The average Bonchev–Trinajstić information content (AvgIpc) is 3.27. The van der Waals surface area contributed by atoms with Gasteiger partial charge in [-0.3, -0.25) is 4.79 Å². The number of alkyl halides is 3. The number of halogens is 3. The predicted molar refractivity (Wildman–Crippen MR) is 76.0 cm³/mol. The molecule has 24 heavy (non-hydrogen) atoms. The summed E-state index contributed by atoms with van der Waals surface area (Å²) in [7, 11) is 0. The van der Waals surface area contributed by atoms with Crippen molar-refractivity contribution in [2.24, 2.45) is 5.92 Å². The number of hydrogen-bond donors (Lipinski definition) is 0. The summed E-state index contributed by atoms with van der Waals surface area (Å²) in [5, 5.41) is 12.0. The fraction of sp³-hybridized carbons (Fsp3) is 0.857. The lowest BCUT2D eigenvalue weighted by atomic mass is 9.98. The van der Waals surface area contributed by atoms with Crippen LogP contribution in [0.1, 0.15) is 37.4 Å². The molecule has 0 unspecified atom stereocenters. The molecule has 1 aliphatic heterocycles. The molecule has 1 aromatic heterocycles. The van der Waals surface area contributed by atoms with Gasteiger partial charge in [-0.15, -0.1) is 10.2 Å². The maximum Gasteiger partial charge on any atom is 0.411 e. The van der Waals surface area contributed by atoms with Crippen LogP contribution in [0.2, 0.25) is 0 Å². The first kappa shape index (κ1) is 17.1. The number of rotatable bonds is 6. The van der Waals surface area contributed by atoms with E-state index in [1.54, 1.807) is 4.90 Å². The number of carbonyl (C=O) groups is 1. The molecular weight excluding hydrogens is 327 g/mol. The molecule has 2 aliphatic rings. The first-order chi connectivity index (χ1) is 11.4. The Morgan fingerprint density at radius 1 is 1.21 bits per heavy atom. The van der Waals surface area contributed by atoms with Crippen LogP contribution in [0, 0.1) is 5.92 Å². The molecule has 0 spiro atoms. The Kier molecular flexibility index (Phi) is 5.02. The van der Waals surface area contributed by atoms with Gasteiger partial charge in [0.15, 0.2) is 5.82 Å². The van der Waals surface area contributed by atoms with E-state index in [-0.39, 0.29) is 25.0 Å². The second kappa shape index (κ2) is 7.04. The first-order valence-corrected chi connectivity index (χ1v) is 8.10. The minimum absolute atomic E-state index is 0.0506. The largest absolute Gasteiger partial charge is 0.411 e. The number of piperidine rings is 1. The standard InChI is InChI=1S/C14H20F3N5O2/c15-14(16,17)9-24-8-10-3-5-21(6-4-10)12(23)7-22-19-13(18-20-22)11-1-2-11/h10-11H,1-9H2. The zero-order chi connectivity index (χ0) is 17.2. The average molecular weight is 347 g/mol. The van der Waals surface area contributed by atoms with E-state index in [0.717, 1.165) is 12.8 Å². The lowest BCUT2D eigenvalue weighted by Gasteiger charge is -2.31. The maximum atomic E-state index is 12.2. The first-order valence-electron chi connectivity index (χ1n) is 8.10. The third-order valence-corrected chi connectivity index (χ3v) is 4.27. The molecule has 0 atom stereocenters. The molecule has 0 radical (unpaired) electrons. The number of likely N-dealkylation sites (tertiary alicyclic amines) is 1. The number of hydrogen-bond acceptors (Lipinski definition) is 5. The summed E-state index contributed by atoms with van der Waals surface area (Å²) in [6.07, 6.45) is -0.864. The summed E-state index contributed by atoms with van der Waals surface area (Å²) >= 11 is 0. The second-order valence-electron chi connectivity index (χ2n) is 6.41. The van der Waals surface area contributed by atoms with Crippen molar-refractivity contribution < 1.29 is 22.7 Å². The molecule has 1 saturated carbocycles. The van der Waals surface area contributed by atoms with Crippen molar-refractivity contribution in [2.75, 3.05) is 26.3 Å². The van der Waals surface area contributed by atoms with Gasteiger partial charge in [0.25, 0.3) is 0 Å². The summed E-state index contributed by atoms with van der Waals surface area (Å²) < 4.78 is 40.8. The highest BCUT2D eigenvalue weighted by Crippen LogP contribution is 2.37. The van der Waals surface area contributed by atoms with Crippen LogP contribution in [-0.2, 0) is 16.1 Å². The van der Waals surface area contributed by atoms with Crippen molar-refractivity contribution in [1.82, 2.24) is 25.1 Å². The van der Waals surface area contributed by atoms with Crippen LogP contribution < -0.4 is 0 Å². The van der Waals surface area contributed by atoms with E-state index in [4.69, 9.17) is 4.74 Å². The Labute approximate surface area is 137 Å². The minimum atomic E-state index is -4.29. The van der Waals surface area contributed by atoms with E-state index in [1.807, 2.05) is 0 Å². The summed E-state index contributed by atoms with van der Waals surface area (Å²) in [6.45, 7) is -0.0502. The van der Waals surface area contributed by atoms with Crippen molar-refractivity contribution in [3.05, 3.63) is 5.82 Å². The Balaban J connectivity index is 1.38. The molecule has 0 N–H and O–H groups in total. The van der Waals surface area contributed by atoms with E-state index >= 15 is 0 Å². The van der Waals surface area contributed by atoms with Crippen LogP contribution in [0.25, 0.3) is 0 Å². The summed E-state index contributed by atoms with van der Waals surface area (Å²) in [4.78, 5) is 15.2. The van der Waals surface area contributed by atoms with E-state index in [9.17, 15) is 18.0 Å². The third-order valence-electron chi connectivity index (χ3n) is 4.27.